The predicted octanol–water partition coefficient (Wildman–Crippen LogP) is 1.65. The molecule has 27 heavy (non-hydrogen) atoms. The second kappa shape index (κ2) is 7.87. The lowest BCUT2D eigenvalue weighted by atomic mass is 10.1. The molecule has 1 aliphatic heterocycles. The molecule has 8 nitrogen and oxygen atoms in total. The number of para-hydroxylation sites is 1. The van der Waals surface area contributed by atoms with Crippen molar-refractivity contribution in [1.29, 1.82) is 0 Å². The van der Waals surface area contributed by atoms with E-state index in [-0.39, 0.29) is 17.7 Å². The molecule has 2 heterocycles. The Hall–Kier alpha value is -2.10. The average Bonchev–Trinajstić information content (AvgIpc) is 3.29. The van der Waals surface area contributed by atoms with Crippen molar-refractivity contribution in [3.05, 3.63) is 30.6 Å². The zero-order valence-corrected chi connectivity index (χ0v) is 16.8. The van der Waals surface area contributed by atoms with Gasteiger partial charge in [0.05, 0.1) is 44.8 Å². The molecule has 3 rings (SSSR count). The largest absolute Gasteiger partial charge is 0.493 e. The highest BCUT2D eigenvalue weighted by molar-refractivity contribution is 7.89. The summed E-state index contributed by atoms with van der Waals surface area (Å²) in [4.78, 5) is 4.49. The summed E-state index contributed by atoms with van der Waals surface area (Å²) in [6.07, 6.45) is 3.55. The molecule has 0 saturated carbocycles. The molecule has 2 aromatic rings. The second-order valence-corrected chi connectivity index (χ2v) is 8.85. The van der Waals surface area contributed by atoms with E-state index in [0.29, 0.717) is 30.5 Å². The van der Waals surface area contributed by atoms with Crippen molar-refractivity contribution >= 4 is 10.0 Å². The van der Waals surface area contributed by atoms with E-state index >= 15 is 0 Å². The van der Waals surface area contributed by atoms with Gasteiger partial charge in [0.2, 0.25) is 10.0 Å². The topological polar surface area (TPSA) is 82.9 Å². The predicted molar refractivity (Wildman–Crippen MR) is 102 cm³/mol. The van der Waals surface area contributed by atoms with E-state index in [1.807, 2.05) is 29.0 Å². The second-order valence-electron chi connectivity index (χ2n) is 6.63. The molecule has 2 atom stereocenters. The number of benzene rings is 1. The van der Waals surface area contributed by atoms with Gasteiger partial charge in [-0.15, -0.1) is 0 Å². The standard InChI is InChI=1S/C18H25N3O5S/c1-20(2)27(22,23)12-13-10-26-11-15(13)21-9-8-19-18(21)14-6-5-7-16(24-3)17(14)25-4/h5-9,13,15H,10-12H2,1-4H3/t13-,15+/m0/s1. The first-order chi connectivity index (χ1) is 12.9. The van der Waals surface area contributed by atoms with Crippen LogP contribution >= 0.6 is 0 Å². The summed E-state index contributed by atoms with van der Waals surface area (Å²) in [6.45, 7) is 0.827. The van der Waals surface area contributed by atoms with Crippen molar-refractivity contribution in [1.82, 2.24) is 13.9 Å². The first-order valence-electron chi connectivity index (χ1n) is 8.61. The first kappa shape index (κ1) is 19.7. The van der Waals surface area contributed by atoms with Crippen LogP contribution in [-0.4, -0.2) is 69.6 Å². The maximum Gasteiger partial charge on any atom is 0.214 e. The smallest absolute Gasteiger partial charge is 0.214 e. The Labute approximate surface area is 159 Å². The molecule has 1 aliphatic rings. The molecule has 1 aromatic heterocycles. The lowest BCUT2D eigenvalue weighted by Crippen LogP contribution is -2.32. The highest BCUT2D eigenvalue weighted by Crippen LogP contribution is 2.39. The normalized spacial score (nSPS) is 20.2. The summed E-state index contributed by atoms with van der Waals surface area (Å²) in [5.74, 6) is 1.75. The van der Waals surface area contributed by atoms with Crippen LogP contribution in [0, 0.1) is 5.92 Å². The maximum atomic E-state index is 12.3. The molecule has 1 saturated heterocycles. The number of imidazole rings is 1. The number of nitrogens with zero attached hydrogens (tertiary/aromatic N) is 3. The quantitative estimate of drug-likeness (QED) is 0.709. The summed E-state index contributed by atoms with van der Waals surface area (Å²) < 4.78 is 44.5. The van der Waals surface area contributed by atoms with Gasteiger partial charge in [-0.25, -0.2) is 17.7 Å². The van der Waals surface area contributed by atoms with Gasteiger partial charge in [0.1, 0.15) is 5.82 Å². The van der Waals surface area contributed by atoms with Crippen molar-refractivity contribution in [3.63, 3.8) is 0 Å². The minimum absolute atomic E-state index is 0.0253. The number of sulfonamides is 1. The van der Waals surface area contributed by atoms with E-state index < -0.39 is 10.0 Å². The molecule has 9 heteroatoms. The number of ether oxygens (including phenoxy) is 3. The lowest BCUT2D eigenvalue weighted by molar-refractivity contribution is 0.182. The van der Waals surface area contributed by atoms with Crippen LogP contribution in [0.15, 0.2) is 30.6 Å². The molecular weight excluding hydrogens is 370 g/mol. The third-order valence-electron chi connectivity index (χ3n) is 4.82. The van der Waals surface area contributed by atoms with E-state index in [9.17, 15) is 8.42 Å². The molecule has 148 valence electrons. The van der Waals surface area contributed by atoms with Gasteiger partial charge >= 0.3 is 0 Å². The van der Waals surface area contributed by atoms with Crippen LogP contribution in [-0.2, 0) is 14.8 Å². The number of hydrogen-bond acceptors (Lipinski definition) is 6. The summed E-state index contributed by atoms with van der Waals surface area (Å²) in [5, 5.41) is 0. The van der Waals surface area contributed by atoms with Gasteiger partial charge < -0.3 is 18.8 Å². The van der Waals surface area contributed by atoms with Crippen molar-refractivity contribution in [3.8, 4) is 22.9 Å². The summed E-state index contributed by atoms with van der Waals surface area (Å²) in [6, 6.07) is 5.46. The van der Waals surface area contributed by atoms with Crippen molar-refractivity contribution < 1.29 is 22.6 Å². The zero-order valence-electron chi connectivity index (χ0n) is 16.0. The number of rotatable bonds is 7. The van der Waals surface area contributed by atoms with Crippen LogP contribution in [0.1, 0.15) is 6.04 Å². The monoisotopic (exact) mass is 395 g/mol. The fourth-order valence-electron chi connectivity index (χ4n) is 3.33. The molecule has 0 aliphatic carbocycles. The van der Waals surface area contributed by atoms with E-state index in [1.165, 1.54) is 4.31 Å². The van der Waals surface area contributed by atoms with Crippen LogP contribution in [0.2, 0.25) is 0 Å². The number of aromatic nitrogens is 2. The Kier molecular flexibility index (Phi) is 5.73. The van der Waals surface area contributed by atoms with E-state index in [1.54, 1.807) is 34.5 Å². The highest BCUT2D eigenvalue weighted by atomic mass is 32.2. The molecule has 1 aromatic carbocycles. The molecule has 0 spiro atoms. The Balaban J connectivity index is 1.98. The van der Waals surface area contributed by atoms with Crippen molar-refractivity contribution in [2.24, 2.45) is 5.92 Å². The molecule has 0 amide bonds. The fraction of sp³-hybridized carbons (Fsp3) is 0.500. The van der Waals surface area contributed by atoms with Gasteiger partial charge in [0.25, 0.3) is 0 Å². The minimum Gasteiger partial charge on any atom is -0.493 e. The Morgan fingerprint density at radius 2 is 2.04 bits per heavy atom. The minimum atomic E-state index is -3.33. The summed E-state index contributed by atoms with van der Waals surface area (Å²) in [7, 11) is 2.93. The maximum absolute atomic E-state index is 12.3. The molecule has 0 radical (unpaired) electrons. The zero-order chi connectivity index (χ0) is 19.6. The third kappa shape index (κ3) is 3.80. The van der Waals surface area contributed by atoms with E-state index in [4.69, 9.17) is 14.2 Å². The SMILES string of the molecule is COc1cccc(-c2nccn2[C@@H]2COC[C@H]2CS(=O)(=O)N(C)C)c1OC. The number of methoxy groups -OCH3 is 2. The van der Waals surface area contributed by atoms with Crippen molar-refractivity contribution in [2.45, 2.75) is 6.04 Å². The van der Waals surface area contributed by atoms with Crippen LogP contribution in [0.4, 0.5) is 0 Å². The first-order valence-corrected chi connectivity index (χ1v) is 10.2. The molecular formula is C18H25N3O5S. The van der Waals surface area contributed by atoms with Gasteiger partial charge in [-0.05, 0) is 12.1 Å². The van der Waals surface area contributed by atoms with Gasteiger partial charge in [-0.1, -0.05) is 6.07 Å². The number of hydrogen-bond donors (Lipinski definition) is 0. The van der Waals surface area contributed by atoms with Gasteiger partial charge in [-0.2, -0.15) is 0 Å². The highest BCUT2D eigenvalue weighted by Gasteiger charge is 2.35. The summed E-state index contributed by atoms with van der Waals surface area (Å²) in [5.41, 5.74) is 0.781. The Morgan fingerprint density at radius 3 is 2.70 bits per heavy atom. The molecule has 0 unspecified atom stereocenters. The van der Waals surface area contributed by atoms with E-state index in [0.717, 1.165) is 5.56 Å². The van der Waals surface area contributed by atoms with Crippen LogP contribution < -0.4 is 9.47 Å². The molecule has 0 bridgehead atoms. The van der Waals surface area contributed by atoms with Crippen molar-refractivity contribution in [2.75, 3.05) is 47.3 Å². The summed E-state index contributed by atoms with van der Waals surface area (Å²) >= 11 is 0. The van der Waals surface area contributed by atoms with Crippen LogP contribution in [0.5, 0.6) is 11.5 Å². The third-order valence-corrected chi connectivity index (χ3v) is 6.78. The lowest BCUT2D eigenvalue weighted by Gasteiger charge is -2.23. The van der Waals surface area contributed by atoms with Crippen LogP contribution in [0.25, 0.3) is 11.4 Å². The van der Waals surface area contributed by atoms with Gasteiger partial charge in [-0.3, -0.25) is 0 Å². The van der Waals surface area contributed by atoms with Gasteiger partial charge in [0.15, 0.2) is 11.5 Å². The average molecular weight is 395 g/mol. The Bertz CT molecular complexity index is 894. The van der Waals surface area contributed by atoms with E-state index in [2.05, 4.69) is 4.98 Å². The Morgan fingerprint density at radius 1 is 1.26 bits per heavy atom. The fourth-order valence-corrected chi connectivity index (χ4v) is 4.48. The van der Waals surface area contributed by atoms with Crippen LogP contribution in [0.3, 0.4) is 0 Å². The van der Waals surface area contributed by atoms with Gasteiger partial charge in [0, 0.05) is 32.4 Å². The molecule has 0 N–H and O–H groups in total. The molecule has 1 fully saturated rings.